The molecule has 0 aliphatic rings. The minimum Gasteiger partial charge on any atom is -0.366 e. The zero-order valence-electron chi connectivity index (χ0n) is 6.23. The quantitative estimate of drug-likeness (QED) is 0.381. The summed E-state index contributed by atoms with van der Waals surface area (Å²) in [5.41, 5.74) is 1.97. The van der Waals surface area contributed by atoms with Gasteiger partial charge in [-0.25, -0.2) is 4.98 Å². The lowest BCUT2D eigenvalue weighted by atomic mass is 10.3. The van der Waals surface area contributed by atoms with Crippen LogP contribution in [0.1, 0.15) is 10.5 Å². The molecule has 0 aliphatic carbocycles. The molecule has 1 aromatic rings. The van der Waals surface area contributed by atoms with Crippen LogP contribution in [0.5, 0.6) is 0 Å². The van der Waals surface area contributed by atoms with E-state index in [0.717, 1.165) is 0 Å². The van der Waals surface area contributed by atoms with Crippen molar-refractivity contribution in [3.05, 3.63) is 16.6 Å². The fourth-order valence-electron chi connectivity index (χ4n) is 0.624. The summed E-state index contributed by atoms with van der Waals surface area (Å²) in [4.78, 5) is 24.7. The lowest BCUT2D eigenvalue weighted by Crippen LogP contribution is -2.10. The number of hydrogen-bond acceptors (Lipinski definition) is 5. The number of hydrogen-bond donors (Lipinski definition) is 0. The first-order chi connectivity index (χ1) is 5.84. The second-order valence-corrected chi connectivity index (χ2v) is 2.70. The highest BCUT2D eigenvalue weighted by Gasteiger charge is 2.06. The van der Waals surface area contributed by atoms with E-state index in [0.29, 0.717) is 12.0 Å². The van der Waals surface area contributed by atoms with Gasteiger partial charge in [-0.05, 0) is 0 Å². The molecule has 0 spiro atoms. The van der Waals surface area contributed by atoms with E-state index < -0.39 is 0 Å². The average molecular weight is 185 g/mol. The Morgan fingerprint density at radius 3 is 3.17 bits per heavy atom. The molecule has 0 N–H and O–H groups in total. The first-order valence-electron chi connectivity index (χ1n) is 3.27. The van der Waals surface area contributed by atoms with Crippen LogP contribution in [0.15, 0.2) is 10.9 Å². The van der Waals surface area contributed by atoms with Gasteiger partial charge in [-0.15, -0.1) is 11.3 Å². The van der Waals surface area contributed by atoms with E-state index in [2.05, 4.69) is 4.98 Å². The van der Waals surface area contributed by atoms with Gasteiger partial charge in [0.25, 0.3) is 0 Å². The second-order valence-electron chi connectivity index (χ2n) is 1.98. The Bertz CT molecular complexity index is 258. The van der Waals surface area contributed by atoms with Gasteiger partial charge in [0.15, 0.2) is 0 Å². The largest absolute Gasteiger partial charge is 0.366 e. The molecule has 0 saturated heterocycles. The molecular weight excluding hydrogens is 178 g/mol. The normalized spacial score (nSPS) is 9.67. The molecule has 1 rings (SSSR count). The molecular formula is C7H7NO3S. The van der Waals surface area contributed by atoms with Crippen molar-refractivity contribution in [3.8, 4) is 0 Å². The van der Waals surface area contributed by atoms with Crippen molar-refractivity contribution in [1.82, 2.24) is 4.98 Å². The topological polar surface area (TPSA) is 56.3 Å². The molecule has 1 heterocycles. The second kappa shape index (κ2) is 4.74. The molecule has 64 valence electrons. The number of nitrogens with zero attached hydrogens (tertiary/aromatic N) is 1. The maximum absolute atomic E-state index is 11.1. The maximum Gasteiger partial charge on any atom is 0.207 e. The molecule has 12 heavy (non-hydrogen) atoms. The highest BCUT2D eigenvalue weighted by molar-refractivity contribution is 7.07. The van der Waals surface area contributed by atoms with Crippen LogP contribution in [0, 0.1) is 0 Å². The van der Waals surface area contributed by atoms with E-state index in [4.69, 9.17) is 4.74 Å². The molecule has 0 fully saturated rings. The number of ether oxygens (including phenoxy) is 1. The van der Waals surface area contributed by atoms with E-state index in [-0.39, 0.29) is 19.0 Å². The van der Waals surface area contributed by atoms with Gasteiger partial charge in [-0.3, -0.25) is 4.79 Å². The van der Waals surface area contributed by atoms with E-state index in [1.165, 1.54) is 11.3 Å². The van der Waals surface area contributed by atoms with Crippen molar-refractivity contribution >= 4 is 23.4 Å². The van der Waals surface area contributed by atoms with Gasteiger partial charge in [-0.2, -0.15) is 0 Å². The summed E-state index contributed by atoms with van der Waals surface area (Å²) in [6.07, 6.45) is 0.605. The van der Waals surface area contributed by atoms with Crippen LogP contribution >= 0.6 is 11.3 Å². The highest BCUT2D eigenvalue weighted by atomic mass is 32.1. The van der Waals surface area contributed by atoms with E-state index in [1.54, 1.807) is 10.9 Å². The number of ketones is 1. The molecule has 4 nitrogen and oxygen atoms in total. The Kier molecular flexibility index (Phi) is 3.56. The van der Waals surface area contributed by atoms with Crippen LogP contribution in [0.4, 0.5) is 0 Å². The standard InChI is InChI=1S/C7H7NO3S/c9-1-2-11-3-7(10)6-4-12-5-8-6/h1,4-5H,2-3H2. The van der Waals surface area contributed by atoms with Crippen molar-refractivity contribution < 1.29 is 14.3 Å². The summed E-state index contributed by atoms with van der Waals surface area (Å²) in [5.74, 6) is -0.196. The number of carbonyl (C=O) groups excluding carboxylic acids is 2. The van der Waals surface area contributed by atoms with Gasteiger partial charge in [0.2, 0.25) is 5.78 Å². The van der Waals surface area contributed by atoms with Gasteiger partial charge in [0.1, 0.15) is 25.2 Å². The predicted molar refractivity (Wildman–Crippen MR) is 43.3 cm³/mol. The van der Waals surface area contributed by atoms with E-state index in [9.17, 15) is 9.59 Å². The Balaban J connectivity index is 2.34. The van der Waals surface area contributed by atoms with Crippen molar-refractivity contribution in [2.24, 2.45) is 0 Å². The number of thiazole rings is 1. The molecule has 0 saturated carbocycles. The molecule has 0 radical (unpaired) electrons. The van der Waals surface area contributed by atoms with Gasteiger partial charge in [0.05, 0.1) is 5.51 Å². The molecule has 0 atom stereocenters. The average Bonchev–Trinajstić information content (AvgIpc) is 2.56. The maximum atomic E-state index is 11.1. The number of carbonyl (C=O) groups is 2. The zero-order chi connectivity index (χ0) is 8.81. The number of aromatic nitrogens is 1. The molecule has 0 aliphatic heterocycles. The van der Waals surface area contributed by atoms with Crippen LogP contribution in [-0.2, 0) is 9.53 Å². The molecule has 1 aromatic heterocycles. The van der Waals surface area contributed by atoms with Crippen molar-refractivity contribution in [2.45, 2.75) is 0 Å². The van der Waals surface area contributed by atoms with Crippen LogP contribution in [-0.4, -0.2) is 30.3 Å². The van der Waals surface area contributed by atoms with Gasteiger partial charge >= 0.3 is 0 Å². The van der Waals surface area contributed by atoms with Crippen LogP contribution in [0.2, 0.25) is 0 Å². The number of Topliss-reactive ketones (excluding diaryl/α,β-unsaturated/α-hetero) is 1. The summed E-state index contributed by atoms with van der Waals surface area (Å²) >= 11 is 1.35. The summed E-state index contributed by atoms with van der Waals surface area (Å²) in [5, 5.41) is 1.65. The van der Waals surface area contributed by atoms with Gasteiger partial charge in [-0.1, -0.05) is 0 Å². The first kappa shape index (κ1) is 9.02. The number of aldehydes is 1. The van der Waals surface area contributed by atoms with Crippen LogP contribution in [0.25, 0.3) is 0 Å². The Labute approximate surface area is 73.2 Å². The van der Waals surface area contributed by atoms with Crippen LogP contribution < -0.4 is 0 Å². The molecule has 0 unspecified atom stereocenters. The zero-order valence-corrected chi connectivity index (χ0v) is 7.04. The summed E-state index contributed by atoms with van der Waals surface area (Å²) in [6.45, 7) is -0.127. The fraction of sp³-hybridized carbons (Fsp3) is 0.286. The molecule has 5 heteroatoms. The predicted octanol–water partition coefficient (Wildman–Crippen LogP) is 0.541. The lowest BCUT2D eigenvalue weighted by molar-refractivity contribution is -0.111. The Hall–Kier alpha value is -1.07. The number of rotatable bonds is 5. The minimum absolute atomic E-state index is 0.0458. The fourth-order valence-corrected chi connectivity index (χ4v) is 1.18. The summed E-state index contributed by atoms with van der Waals surface area (Å²) in [7, 11) is 0. The highest BCUT2D eigenvalue weighted by Crippen LogP contribution is 2.01. The molecule has 0 bridgehead atoms. The van der Waals surface area contributed by atoms with E-state index >= 15 is 0 Å². The third-order valence-corrected chi connectivity index (χ3v) is 1.72. The first-order valence-corrected chi connectivity index (χ1v) is 4.21. The molecule has 0 aromatic carbocycles. The summed E-state index contributed by atoms with van der Waals surface area (Å²) < 4.78 is 4.72. The Morgan fingerprint density at radius 2 is 2.58 bits per heavy atom. The van der Waals surface area contributed by atoms with Crippen molar-refractivity contribution in [2.75, 3.05) is 13.2 Å². The summed E-state index contributed by atoms with van der Waals surface area (Å²) in [6, 6.07) is 0. The van der Waals surface area contributed by atoms with Crippen LogP contribution in [0.3, 0.4) is 0 Å². The van der Waals surface area contributed by atoms with E-state index in [1.807, 2.05) is 0 Å². The minimum atomic E-state index is -0.196. The van der Waals surface area contributed by atoms with Gasteiger partial charge < -0.3 is 9.53 Å². The van der Waals surface area contributed by atoms with Gasteiger partial charge in [0, 0.05) is 5.38 Å². The smallest absolute Gasteiger partial charge is 0.207 e. The lowest BCUT2D eigenvalue weighted by Gasteiger charge is -1.95. The van der Waals surface area contributed by atoms with Crippen molar-refractivity contribution in [1.29, 1.82) is 0 Å². The Morgan fingerprint density at radius 1 is 1.75 bits per heavy atom. The third-order valence-electron chi connectivity index (χ3n) is 1.14. The SMILES string of the molecule is O=CCOCC(=O)c1cscn1. The molecule has 0 amide bonds. The van der Waals surface area contributed by atoms with Crippen molar-refractivity contribution in [3.63, 3.8) is 0 Å². The monoisotopic (exact) mass is 185 g/mol. The third kappa shape index (κ3) is 2.52.